The molecule has 0 amide bonds. The van der Waals surface area contributed by atoms with Gasteiger partial charge in [0.05, 0.1) is 17.7 Å². The Kier molecular flexibility index (Phi) is 3.36. The van der Waals surface area contributed by atoms with Crippen LogP contribution >= 0.6 is 0 Å². The minimum absolute atomic E-state index is 0.0481. The lowest BCUT2D eigenvalue weighted by atomic mass is 9.96. The van der Waals surface area contributed by atoms with Crippen LogP contribution in [0, 0.1) is 32.1 Å². The van der Waals surface area contributed by atoms with Crippen LogP contribution in [-0.2, 0) is 13.4 Å². The van der Waals surface area contributed by atoms with E-state index in [1.165, 1.54) is 12.3 Å². The predicted octanol–water partition coefficient (Wildman–Crippen LogP) is 6.58. The predicted molar refractivity (Wildman–Crippen MR) is 115 cm³/mol. The Morgan fingerprint density at radius 2 is 2.07 bits per heavy atom. The largest absolute Gasteiger partial charge is 0.456 e. The van der Waals surface area contributed by atoms with Crippen LogP contribution in [0.25, 0.3) is 38.0 Å². The van der Waals surface area contributed by atoms with Gasteiger partial charge < -0.3 is 4.42 Å². The maximum absolute atomic E-state index is 15.3. The maximum atomic E-state index is 15.3. The lowest BCUT2D eigenvalue weighted by Gasteiger charge is -2.10. The zero-order chi connectivity index (χ0) is 25.2. The molecule has 0 aliphatic carbocycles. The standard InChI is InChI=1S/C25H24FN2O/c1-14(2)9-17-13-28(6)21(12-20(17)26)24-16(4)10-15(3)23-19-8-7-18(27-5)11-22(19)29-25(23)24/h7-8,10-14H,9H2,1-4,6H3/q+1/i3D3,9D2. The SMILES string of the molecule is [2H]C([2H])([2H])c1cc(C)c(-c2cc(F)c(C([2H])([2H])C(C)C)c[n+]2C)c2oc3cc([N+]#[C-])ccc3c12. The number of hydrogen-bond acceptors (Lipinski definition) is 1. The van der Waals surface area contributed by atoms with Gasteiger partial charge in [0.25, 0.3) is 0 Å². The lowest BCUT2D eigenvalue weighted by Crippen LogP contribution is -2.32. The van der Waals surface area contributed by atoms with Gasteiger partial charge in [-0.1, -0.05) is 32.0 Å². The molecule has 0 bridgehead atoms. The van der Waals surface area contributed by atoms with E-state index in [9.17, 15) is 0 Å². The van der Waals surface area contributed by atoms with Crippen molar-refractivity contribution < 1.29 is 20.2 Å². The summed E-state index contributed by atoms with van der Waals surface area (Å²) in [7, 11) is 1.69. The number of fused-ring (bicyclic) bond motifs is 3. The maximum Gasteiger partial charge on any atom is 0.219 e. The van der Waals surface area contributed by atoms with Gasteiger partial charge >= 0.3 is 0 Å². The van der Waals surface area contributed by atoms with Crippen molar-refractivity contribution in [2.45, 2.75) is 34.0 Å². The first kappa shape index (κ1) is 13.9. The zero-order valence-corrected chi connectivity index (χ0v) is 16.7. The van der Waals surface area contributed by atoms with Crippen molar-refractivity contribution in [1.82, 2.24) is 0 Å². The summed E-state index contributed by atoms with van der Waals surface area (Å²) in [6, 6.07) is 7.68. The van der Waals surface area contributed by atoms with Gasteiger partial charge in [-0.2, -0.15) is 0 Å². The van der Waals surface area contributed by atoms with Crippen LogP contribution in [0.2, 0.25) is 0 Å². The fourth-order valence-electron chi connectivity index (χ4n) is 3.75. The van der Waals surface area contributed by atoms with E-state index in [0.717, 1.165) is 0 Å². The van der Waals surface area contributed by atoms with E-state index in [1.807, 2.05) is 0 Å². The molecule has 0 unspecified atom stereocenters. The molecule has 2 aromatic heterocycles. The highest BCUT2D eigenvalue weighted by Gasteiger charge is 2.24. The third kappa shape index (κ3) is 3.17. The molecule has 0 spiro atoms. The highest BCUT2D eigenvalue weighted by Crippen LogP contribution is 2.40. The summed E-state index contributed by atoms with van der Waals surface area (Å²) in [5, 5.41) is 0.958. The van der Waals surface area contributed by atoms with Crippen LogP contribution < -0.4 is 4.57 Å². The molecule has 0 saturated heterocycles. The normalized spacial score (nSPS) is 15.0. The molecule has 2 aromatic carbocycles. The van der Waals surface area contributed by atoms with Gasteiger partial charge in [0, 0.05) is 23.7 Å². The molecule has 0 radical (unpaired) electrons. The van der Waals surface area contributed by atoms with E-state index in [-0.39, 0.29) is 16.7 Å². The van der Waals surface area contributed by atoms with E-state index < -0.39 is 25.0 Å². The summed E-state index contributed by atoms with van der Waals surface area (Å²) >= 11 is 0. The summed E-state index contributed by atoms with van der Waals surface area (Å²) in [5.74, 6) is -1.13. The summed E-state index contributed by atoms with van der Waals surface area (Å²) in [5.41, 5.74) is 2.61. The molecule has 0 N–H and O–H groups in total. The summed E-state index contributed by atoms with van der Waals surface area (Å²) in [6.07, 6.45) is -0.432. The smallest absolute Gasteiger partial charge is 0.219 e. The summed E-state index contributed by atoms with van der Waals surface area (Å²) in [4.78, 5) is 3.42. The van der Waals surface area contributed by atoms with Crippen LogP contribution in [0.4, 0.5) is 10.1 Å². The van der Waals surface area contributed by atoms with Gasteiger partial charge in [-0.15, -0.1) is 0 Å². The number of furan rings is 1. The Bertz CT molecular complexity index is 1500. The number of pyridine rings is 1. The highest BCUT2D eigenvalue weighted by molar-refractivity contribution is 6.12. The second kappa shape index (κ2) is 7.00. The number of aromatic nitrogens is 1. The van der Waals surface area contributed by atoms with Gasteiger partial charge in [-0.05, 0) is 43.3 Å². The molecule has 29 heavy (non-hydrogen) atoms. The third-order valence-corrected chi connectivity index (χ3v) is 4.98. The Labute approximate surface area is 177 Å². The molecule has 0 aliphatic heterocycles. The Morgan fingerprint density at radius 3 is 2.76 bits per heavy atom. The van der Waals surface area contributed by atoms with E-state index in [0.29, 0.717) is 38.9 Å². The monoisotopic (exact) mass is 392 g/mol. The van der Waals surface area contributed by atoms with Crippen molar-refractivity contribution in [1.29, 1.82) is 0 Å². The van der Waals surface area contributed by atoms with Gasteiger partial charge in [0.2, 0.25) is 5.69 Å². The molecule has 4 aromatic rings. The average molecular weight is 393 g/mol. The highest BCUT2D eigenvalue weighted by atomic mass is 19.1. The number of hydrogen-bond donors (Lipinski definition) is 0. The molecular formula is C25H24FN2O+. The van der Waals surface area contributed by atoms with Gasteiger partial charge in [-0.3, -0.25) is 0 Å². The Hall–Kier alpha value is -3.19. The molecule has 4 heteroatoms. The first-order valence-electron chi connectivity index (χ1n) is 11.8. The van der Waals surface area contributed by atoms with Crippen molar-refractivity contribution >= 4 is 27.6 Å². The fraction of sp³-hybridized carbons (Fsp3) is 0.280. The van der Waals surface area contributed by atoms with E-state index >= 15 is 4.39 Å². The Balaban J connectivity index is 2.11. The molecule has 4 rings (SSSR count). The molecule has 0 atom stereocenters. The zero-order valence-electron chi connectivity index (χ0n) is 21.7. The second-order valence-corrected chi connectivity index (χ2v) is 7.54. The third-order valence-electron chi connectivity index (χ3n) is 4.98. The molecule has 0 fully saturated rings. The fourth-order valence-corrected chi connectivity index (χ4v) is 3.75. The minimum atomic E-state index is -2.42. The van der Waals surface area contributed by atoms with Crippen LogP contribution in [0.15, 0.2) is 40.9 Å². The molecule has 146 valence electrons. The number of nitrogens with zero attached hydrogens (tertiary/aromatic N) is 2. The topological polar surface area (TPSA) is 21.4 Å². The quantitative estimate of drug-likeness (QED) is 0.285. The van der Waals surface area contributed by atoms with Crippen molar-refractivity contribution in [3.05, 3.63) is 70.5 Å². The van der Waals surface area contributed by atoms with Gasteiger partial charge in [-0.25, -0.2) is 13.8 Å². The molecule has 2 heterocycles. The molecule has 0 saturated carbocycles. The molecular weight excluding hydrogens is 363 g/mol. The van der Waals surface area contributed by atoms with E-state index in [2.05, 4.69) is 4.85 Å². The summed E-state index contributed by atoms with van der Waals surface area (Å²) in [6.45, 7) is 9.99. The minimum Gasteiger partial charge on any atom is -0.456 e. The van der Waals surface area contributed by atoms with Crippen LogP contribution in [0.5, 0.6) is 0 Å². The van der Waals surface area contributed by atoms with E-state index in [1.54, 1.807) is 56.7 Å². The molecule has 3 nitrogen and oxygen atoms in total. The Morgan fingerprint density at radius 1 is 1.28 bits per heavy atom. The van der Waals surface area contributed by atoms with Crippen molar-refractivity contribution in [2.24, 2.45) is 13.0 Å². The lowest BCUT2D eigenvalue weighted by molar-refractivity contribution is -0.661. The van der Waals surface area contributed by atoms with Gasteiger partial charge in [0.1, 0.15) is 24.0 Å². The second-order valence-electron chi connectivity index (χ2n) is 7.54. The number of benzene rings is 2. The van der Waals surface area contributed by atoms with Crippen LogP contribution in [0.3, 0.4) is 0 Å². The first-order chi connectivity index (χ1) is 15.8. The van der Waals surface area contributed by atoms with Crippen molar-refractivity contribution in [3.63, 3.8) is 0 Å². The number of halogens is 1. The van der Waals surface area contributed by atoms with Crippen LogP contribution in [-0.4, -0.2) is 0 Å². The first-order valence-corrected chi connectivity index (χ1v) is 9.35. The number of aryl methyl sites for hydroxylation is 3. The van der Waals surface area contributed by atoms with Crippen molar-refractivity contribution in [3.8, 4) is 11.3 Å². The van der Waals surface area contributed by atoms with Crippen molar-refractivity contribution in [2.75, 3.05) is 0 Å². The average Bonchev–Trinajstić information content (AvgIpc) is 3.11. The molecule has 0 aliphatic rings. The van der Waals surface area contributed by atoms with E-state index in [4.69, 9.17) is 17.8 Å². The van der Waals surface area contributed by atoms with Gasteiger partial charge in [0.15, 0.2) is 11.9 Å². The summed E-state index contributed by atoms with van der Waals surface area (Å²) < 4.78 is 63.9. The number of rotatable bonds is 3. The van der Waals surface area contributed by atoms with Crippen LogP contribution in [0.1, 0.15) is 37.4 Å².